The third-order valence-corrected chi connectivity index (χ3v) is 2.97. The van der Waals surface area contributed by atoms with E-state index in [-0.39, 0.29) is 10.9 Å². The van der Waals surface area contributed by atoms with Crippen molar-refractivity contribution in [1.29, 1.82) is 0 Å². The Balaban J connectivity index is 1.88. The van der Waals surface area contributed by atoms with Crippen LogP contribution in [-0.4, -0.2) is 5.91 Å². The van der Waals surface area contributed by atoms with Crippen LogP contribution in [0.1, 0.15) is 11.1 Å². The Kier molecular flexibility index (Phi) is 4.53. The van der Waals surface area contributed by atoms with E-state index in [9.17, 15) is 9.18 Å². The van der Waals surface area contributed by atoms with E-state index in [1.54, 1.807) is 6.07 Å². The molecular formula is C15H13ClFNO. The second-order valence-corrected chi connectivity index (χ2v) is 4.59. The van der Waals surface area contributed by atoms with E-state index in [0.29, 0.717) is 13.0 Å². The molecule has 2 rings (SSSR count). The van der Waals surface area contributed by atoms with Gasteiger partial charge in [-0.15, -0.1) is 0 Å². The van der Waals surface area contributed by atoms with Crippen LogP contribution in [-0.2, 0) is 17.8 Å². The van der Waals surface area contributed by atoms with Gasteiger partial charge in [-0.2, -0.15) is 0 Å². The van der Waals surface area contributed by atoms with Gasteiger partial charge < -0.3 is 5.32 Å². The molecule has 0 saturated heterocycles. The van der Waals surface area contributed by atoms with Gasteiger partial charge in [0, 0.05) is 6.54 Å². The largest absolute Gasteiger partial charge is 0.352 e. The highest BCUT2D eigenvalue weighted by atomic mass is 35.5. The molecule has 0 spiro atoms. The van der Waals surface area contributed by atoms with Crippen LogP contribution >= 0.6 is 11.6 Å². The van der Waals surface area contributed by atoms with Gasteiger partial charge in [-0.1, -0.05) is 48.0 Å². The molecule has 0 heterocycles. The van der Waals surface area contributed by atoms with Gasteiger partial charge in [0.1, 0.15) is 5.82 Å². The van der Waals surface area contributed by atoms with Gasteiger partial charge in [0.15, 0.2) is 0 Å². The van der Waals surface area contributed by atoms with E-state index in [2.05, 4.69) is 5.32 Å². The zero-order valence-electron chi connectivity index (χ0n) is 10.2. The molecule has 0 fully saturated rings. The zero-order chi connectivity index (χ0) is 13.7. The lowest BCUT2D eigenvalue weighted by Gasteiger charge is -2.06. The molecule has 0 radical (unpaired) electrons. The first-order chi connectivity index (χ1) is 9.15. The third-order valence-electron chi connectivity index (χ3n) is 2.68. The van der Waals surface area contributed by atoms with Crippen molar-refractivity contribution in [2.45, 2.75) is 13.0 Å². The van der Waals surface area contributed by atoms with Crippen LogP contribution in [0.4, 0.5) is 4.39 Å². The Hall–Kier alpha value is -1.87. The monoisotopic (exact) mass is 277 g/mol. The summed E-state index contributed by atoms with van der Waals surface area (Å²) in [6, 6.07) is 13.9. The Morgan fingerprint density at radius 2 is 1.84 bits per heavy atom. The van der Waals surface area contributed by atoms with E-state index < -0.39 is 5.82 Å². The Morgan fingerprint density at radius 3 is 2.53 bits per heavy atom. The van der Waals surface area contributed by atoms with Gasteiger partial charge in [-0.25, -0.2) is 4.39 Å². The summed E-state index contributed by atoms with van der Waals surface area (Å²) >= 11 is 5.67. The second kappa shape index (κ2) is 6.34. The lowest BCUT2D eigenvalue weighted by atomic mass is 10.1. The van der Waals surface area contributed by atoms with Crippen molar-refractivity contribution >= 4 is 17.5 Å². The molecule has 2 nitrogen and oxygen atoms in total. The molecule has 2 aromatic rings. The minimum Gasteiger partial charge on any atom is -0.352 e. The summed E-state index contributed by atoms with van der Waals surface area (Å²) in [5, 5.41) is 2.84. The molecular weight excluding hydrogens is 265 g/mol. The number of hydrogen-bond acceptors (Lipinski definition) is 1. The summed E-state index contributed by atoms with van der Waals surface area (Å²) in [7, 11) is 0. The summed E-state index contributed by atoms with van der Waals surface area (Å²) in [6.07, 6.45) is 0.329. The topological polar surface area (TPSA) is 29.1 Å². The fourth-order valence-corrected chi connectivity index (χ4v) is 1.90. The first-order valence-electron chi connectivity index (χ1n) is 5.90. The fourth-order valence-electron chi connectivity index (χ4n) is 1.69. The number of carbonyl (C=O) groups is 1. The molecule has 1 amide bonds. The molecule has 0 unspecified atom stereocenters. The van der Waals surface area contributed by atoms with Crippen LogP contribution in [0.15, 0.2) is 48.5 Å². The number of nitrogens with one attached hydrogen (secondary N) is 1. The van der Waals surface area contributed by atoms with Gasteiger partial charge in [0.25, 0.3) is 0 Å². The average Bonchev–Trinajstić information content (AvgIpc) is 2.41. The molecule has 4 heteroatoms. The van der Waals surface area contributed by atoms with Gasteiger partial charge in [-0.05, 0) is 23.3 Å². The van der Waals surface area contributed by atoms with Crippen molar-refractivity contribution in [3.8, 4) is 0 Å². The maximum atomic E-state index is 13.0. The van der Waals surface area contributed by atoms with E-state index in [1.807, 2.05) is 30.3 Å². The number of hydrogen-bond donors (Lipinski definition) is 1. The summed E-state index contributed by atoms with van der Waals surface area (Å²) in [5.41, 5.74) is 1.73. The van der Waals surface area contributed by atoms with Crippen molar-refractivity contribution in [1.82, 2.24) is 5.32 Å². The Bertz CT molecular complexity index is 572. The Labute approximate surface area is 116 Å². The van der Waals surface area contributed by atoms with Crippen LogP contribution in [0.25, 0.3) is 0 Å². The van der Waals surface area contributed by atoms with Crippen molar-refractivity contribution in [2.24, 2.45) is 0 Å². The lowest BCUT2D eigenvalue weighted by Crippen LogP contribution is -2.24. The molecule has 19 heavy (non-hydrogen) atoms. The molecule has 0 aliphatic rings. The number of halogens is 2. The maximum absolute atomic E-state index is 13.0. The van der Waals surface area contributed by atoms with Crippen molar-refractivity contribution in [3.63, 3.8) is 0 Å². The molecule has 0 aliphatic heterocycles. The molecule has 0 atom stereocenters. The first-order valence-corrected chi connectivity index (χ1v) is 6.27. The standard InChI is InChI=1S/C15H13ClFNO/c16-13-8-12(6-7-14(13)17)10-18-15(19)9-11-4-2-1-3-5-11/h1-8H,9-10H2,(H,18,19). The zero-order valence-corrected chi connectivity index (χ0v) is 11.0. The average molecular weight is 278 g/mol. The first kappa shape index (κ1) is 13.6. The summed E-state index contributed by atoms with van der Waals surface area (Å²) in [6.45, 7) is 0.339. The van der Waals surface area contributed by atoms with Crippen molar-refractivity contribution in [3.05, 3.63) is 70.5 Å². The van der Waals surface area contributed by atoms with Crippen LogP contribution in [0.3, 0.4) is 0 Å². The number of amides is 1. The lowest BCUT2D eigenvalue weighted by molar-refractivity contribution is -0.120. The van der Waals surface area contributed by atoms with E-state index in [4.69, 9.17) is 11.6 Å². The second-order valence-electron chi connectivity index (χ2n) is 4.19. The van der Waals surface area contributed by atoms with Crippen LogP contribution in [0, 0.1) is 5.82 Å². The number of carbonyl (C=O) groups excluding carboxylic acids is 1. The normalized spacial score (nSPS) is 10.2. The van der Waals surface area contributed by atoms with Crippen LogP contribution in [0.5, 0.6) is 0 Å². The van der Waals surface area contributed by atoms with Crippen LogP contribution < -0.4 is 5.32 Å². The van der Waals surface area contributed by atoms with E-state index in [0.717, 1.165) is 11.1 Å². The van der Waals surface area contributed by atoms with Gasteiger partial charge in [-0.3, -0.25) is 4.79 Å². The van der Waals surface area contributed by atoms with Gasteiger partial charge >= 0.3 is 0 Å². The predicted molar refractivity (Wildman–Crippen MR) is 73.4 cm³/mol. The van der Waals surface area contributed by atoms with Crippen molar-refractivity contribution in [2.75, 3.05) is 0 Å². The quantitative estimate of drug-likeness (QED) is 0.912. The minimum atomic E-state index is -0.457. The highest BCUT2D eigenvalue weighted by molar-refractivity contribution is 6.30. The third kappa shape index (κ3) is 4.07. The van der Waals surface area contributed by atoms with Crippen molar-refractivity contribution < 1.29 is 9.18 Å². The van der Waals surface area contributed by atoms with Gasteiger partial charge in [0.2, 0.25) is 5.91 Å². The fraction of sp³-hybridized carbons (Fsp3) is 0.133. The highest BCUT2D eigenvalue weighted by Crippen LogP contribution is 2.15. The SMILES string of the molecule is O=C(Cc1ccccc1)NCc1ccc(F)c(Cl)c1. The highest BCUT2D eigenvalue weighted by Gasteiger charge is 2.04. The predicted octanol–water partition coefficient (Wildman–Crippen LogP) is 3.34. The van der Waals surface area contributed by atoms with E-state index in [1.165, 1.54) is 12.1 Å². The summed E-state index contributed by atoms with van der Waals surface area (Å²) in [5.74, 6) is -0.535. The Morgan fingerprint density at radius 1 is 1.11 bits per heavy atom. The molecule has 2 aromatic carbocycles. The molecule has 0 aliphatic carbocycles. The molecule has 1 N–H and O–H groups in total. The minimum absolute atomic E-state index is 0.0646. The smallest absolute Gasteiger partial charge is 0.224 e. The molecule has 0 saturated carbocycles. The summed E-state index contributed by atoms with van der Waals surface area (Å²) in [4.78, 5) is 11.7. The van der Waals surface area contributed by atoms with Gasteiger partial charge in [0.05, 0.1) is 11.4 Å². The molecule has 0 bridgehead atoms. The molecule has 0 aromatic heterocycles. The maximum Gasteiger partial charge on any atom is 0.224 e. The number of benzene rings is 2. The van der Waals surface area contributed by atoms with E-state index >= 15 is 0 Å². The molecule has 98 valence electrons. The number of rotatable bonds is 4. The van der Waals surface area contributed by atoms with Crippen LogP contribution in [0.2, 0.25) is 5.02 Å². The summed E-state index contributed by atoms with van der Waals surface area (Å²) < 4.78 is 13.0.